The van der Waals surface area contributed by atoms with E-state index in [0.717, 1.165) is 19.5 Å². The van der Waals surface area contributed by atoms with E-state index in [2.05, 4.69) is 17.1 Å². The van der Waals surface area contributed by atoms with Gasteiger partial charge in [0.25, 0.3) is 11.7 Å². The summed E-state index contributed by atoms with van der Waals surface area (Å²) >= 11 is 0. The number of hydrogen-bond acceptors (Lipinski definition) is 15. The molecule has 2 aromatic carbocycles. The van der Waals surface area contributed by atoms with Crippen LogP contribution >= 0.6 is 0 Å². The fourth-order valence-electron chi connectivity index (χ4n) is 9.23. The monoisotopic (exact) mass is 883 g/mol. The van der Waals surface area contributed by atoms with Crippen LogP contribution in [0.4, 0.5) is 11.4 Å². The lowest BCUT2D eigenvalue weighted by atomic mass is 9.78. The number of aromatic nitrogens is 1. The van der Waals surface area contributed by atoms with Crippen LogP contribution in [-0.4, -0.2) is 93.5 Å². The van der Waals surface area contributed by atoms with E-state index in [-0.39, 0.29) is 67.2 Å². The second-order valence-electron chi connectivity index (χ2n) is 17.9. The van der Waals surface area contributed by atoms with Gasteiger partial charge in [-0.1, -0.05) is 52.8 Å². The van der Waals surface area contributed by atoms with Crippen molar-refractivity contribution >= 4 is 50.9 Å². The van der Waals surface area contributed by atoms with Crippen LogP contribution in [0.1, 0.15) is 77.7 Å². The van der Waals surface area contributed by atoms with Crippen LogP contribution in [0.25, 0.3) is 33.3 Å². The first-order valence-electron chi connectivity index (χ1n) is 21.6. The smallest absolute Gasteiger partial charge is 0.312 e. The Balaban J connectivity index is 1.45. The minimum Gasteiger partial charge on any atom is -0.507 e. The number of ether oxygens (including phenoxy) is 4. The number of ketones is 1. The number of amides is 1. The summed E-state index contributed by atoms with van der Waals surface area (Å²) < 4.78 is 30.3. The standard InChI is InChI=1S/C48H57N3O13/c1-21-14-16-51(20-21)29-18-30(53)36-32(19-29)63-45-37(49-36)33-34-41(56)27(7)44-35(33)46(58)48(9,64-44)61-17-15-31(60-10)24(4)43(62-28(8)52)26(6)40(55)25(5)39(54)22(2)12-11-13-23(3)47(59)50-38(45)42(34)57/h11-13,15,17-19,21-22,24-26,31,39-40,43,53-56H,14,16,20H2,1-10H3,(H,50,59)/b12-11+,17-15+,23-13-/t21-,22+,24-,25-,26-,31+,39+,40-,43-,48+/m1/s1. The Bertz CT molecular complexity index is 2650. The zero-order chi connectivity index (χ0) is 46.7. The van der Waals surface area contributed by atoms with Gasteiger partial charge in [-0.25, -0.2) is 4.98 Å². The highest BCUT2D eigenvalue weighted by atomic mass is 16.7. The van der Waals surface area contributed by atoms with E-state index >= 15 is 0 Å². The van der Waals surface area contributed by atoms with Crippen LogP contribution in [0.5, 0.6) is 17.2 Å². The fraction of sp³-hybridized carbons (Fsp3) is 0.479. The molecule has 4 heterocycles. The number of phenols is 2. The van der Waals surface area contributed by atoms with Gasteiger partial charge in [-0.05, 0) is 32.3 Å². The Labute approximate surface area is 370 Å². The molecule has 0 radical (unpaired) electrons. The van der Waals surface area contributed by atoms with Crippen LogP contribution in [0, 0.1) is 36.5 Å². The van der Waals surface area contributed by atoms with E-state index in [1.54, 1.807) is 52.0 Å². The molecule has 0 saturated carbocycles. The van der Waals surface area contributed by atoms with Crippen molar-refractivity contribution in [1.29, 1.82) is 0 Å². The summed E-state index contributed by atoms with van der Waals surface area (Å²) in [5, 5.41) is 48.4. The average Bonchev–Trinajstić information content (AvgIpc) is 3.81. The first kappa shape index (κ1) is 46.0. The number of benzene rings is 3. The van der Waals surface area contributed by atoms with Gasteiger partial charge in [0, 0.05) is 92.1 Å². The van der Waals surface area contributed by atoms with E-state index in [1.807, 2.05) is 0 Å². The highest BCUT2D eigenvalue weighted by Gasteiger charge is 2.50. The van der Waals surface area contributed by atoms with Crippen molar-refractivity contribution in [3.05, 3.63) is 69.6 Å². The number of allylic oxidation sites excluding steroid dienone is 2. The van der Waals surface area contributed by atoms with Crippen molar-refractivity contribution in [3.63, 3.8) is 0 Å². The third-order valence-corrected chi connectivity index (χ3v) is 13.2. The first-order chi connectivity index (χ1) is 30.2. The number of fused-ring (bicyclic) bond motifs is 2. The molecule has 2 aromatic rings. The Hall–Kier alpha value is -5.97. The lowest BCUT2D eigenvalue weighted by Crippen LogP contribution is -2.46. The number of nitrogens with one attached hydrogen (secondary N) is 1. The molecule has 1 fully saturated rings. The predicted octanol–water partition coefficient (Wildman–Crippen LogP) is 6.50. The summed E-state index contributed by atoms with van der Waals surface area (Å²) in [6.45, 7) is 16.1. The molecule has 10 atom stereocenters. The summed E-state index contributed by atoms with van der Waals surface area (Å²) in [4.78, 5) is 62.8. The second-order valence-corrected chi connectivity index (χ2v) is 17.9. The minimum absolute atomic E-state index is 0.00327. The van der Waals surface area contributed by atoms with Gasteiger partial charge < -0.3 is 54.0 Å². The predicted molar refractivity (Wildman–Crippen MR) is 239 cm³/mol. The number of Topliss-reactive ketones (excluding diaryl/α,β-unsaturated/α-hetero) is 1. The third-order valence-electron chi connectivity index (χ3n) is 13.2. The van der Waals surface area contributed by atoms with Crippen LogP contribution < -0.4 is 20.4 Å². The Morgan fingerprint density at radius 3 is 2.36 bits per heavy atom. The number of hydrogen-bond donors (Lipinski definition) is 5. The summed E-state index contributed by atoms with van der Waals surface area (Å²) in [5.74, 6) is -7.36. The number of carbonyl (C=O) groups excluding carboxylic acids is 3. The summed E-state index contributed by atoms with van der Waals surface area (Å²) in [6, 6.07) is 3.26. The lowest BCUT2D eigenvalue weighted by Gasteiger charge is -2.38. The van der Waals surface area contributed by atoms with Crippen molar-refractivity contribution < 1.29 is 58.2 Å². The Kier molecular flexibility index (Phi) is 12.6. The second kappa shape index (κ2) is 17.5. The van der Waals surface area contributed by atoms with E-state index in [0.29, 0.717) is 11.6 Å². The molecule has 1 amide bonds. The molecule has 4 aliphatic heterocycles. The van der Waals surface area contributed by atoms with Gasteiger partial charge in [0.2, 0.25) is 5.43 Å². The molecule has 342 valence electrons. The number of aliphatic hydroxyl groups is 2. The van der Waals surface area contributed by atoms with Gasteiger partial charge in [-0.2, -0.15) is 0 Å². The van der Waals surface area contributed by atoms with Gasteiger partial charge in [0.05, 0.1) is 35.5 Å². The number of aliphatic hydroxyl groups excluding tert-OH is 2. The topological polar surface area (TPSA) is 227 Å². The normalized spacial score (nSPS) is 31.2. The number of carbonyl (C=O) groups is 3. The third kappa shape index (κ3) is 8.07. The maximum atomic E-state index is 14.8. The van der Waals surface area contributed by atoms with Gasteiger partial charge >= 0.3 is 11.8 Å². The van der Waals surface area contributed by atoms with Gasteiger partial charge in [0.1, 0.15) is 40.3 Å². The summed E-state index contributed by atoms with van der Waals surface area (Å²) in [5.41, 5.74) is -0.615. The van der Waals surface area contributed by atoms with Crippen molar-refractivity contribution in [1.82, 2.24) is 4.98 Å². The molecule has 7 rings (SSSR count). The fourth-order valence-corrected chi connectivity index (χ4v) is 9.23. The Morgan fingerprint density at radius 1 is 0.984 bits per heavy atom. The van der Waals surface area contributed by atoms with Gasteiger partial charge in [0.15, 0.2) is 11.3 Å². The molecule has 1 saturated heterocycles. The molecule has 5 N–H and O–H groups in total. The molecule has 5 aliphatic rings. The number of aromatic hydroxyl groups is 2. The van der Waals surface area contributed by atoms with Crippen LogP contribution in [0.2, 0.25) is 0 Å². The van der Waals surface area contributed by atoms with Crippen molar-refractivity contribution in [2.45, 2.75) is 98.9 Å². The molecule has 1 aliphatic carbocycles. The highest BCUT2D eigenvalue weighted by Crippen LogP contribution is 2.51. The number of nitrogens with zero attached hydrogens (tertiary/aromatic N) is 2. The molecule has 0 spiro atoms. The van der Waals surface area contributed by atoms with E-state index in [9.17, 15) is 39.6 Å². The SMILES string of the molecule is CO[C@H]1/C=C/O[C@@]2(C)Oc3c(C)c(O)c4c(=O)c(c5oc6cc(N7CC[C@@H](C)C7)cc(O)c6nc-5c4c3C2=O)NC(=O)/C(C)=C\C=C\[C@H](C)[C@H](O)[C@@H](C)[C@@H](O)[C@@H](C)[C@H](OC(C)=O)[C@@H]1C. The minimum atomic E-state index is -2.07. The number of methoxy groups -OCH3 is 1. The van der Waals surface area contributed by atoms with E-state index in [1.165, 1.54) is 53.2 Å². The zero-order valence-electron chi connectivity index (χ0n) is 37.7. The molecule has 0 unspecified atom stereocenters. The highest BCUT2D eigenvalue weighted by molar-refractivity contribution is 6.22. The van der Waals surface area contributed by atoms with Crippen molar-refractivity contribution in [3.8, 4) is 28.7 Å². The Morgan fingerprint density at radius 2 is 1.70 bits per heavy atom. The molecule has 16 nitrogen and oxygen atoms in total. The summed E-state index contributed by atoms with van der Waals surface area (Å²) in [7, 11) is 1.44. The number of esters is 1. The van der Waals surface area contributed by atoms with E-state index < -0.39 is 82.7 Å². The number of anilines is 2. The quantitative estimate of drug-likeness (QED) is 0.0841. The lowest BCUT2D eigenvalue weighted by molar-refractivity contribution is -0.160. The number of phenolic OH excluding ortho intramolecular Hbond substituents is 2. The average molecular weight is 884 g/mol. The summed E-state index contributed by atoms with van der Waals surface area (Å²) in [6.07, 6.45) is 4.43. The zero-order valence-corrected chi connectivity index (χ0v) is 37.7. The molecule has 0 aromatic heterocycles. The molecular formula is C48H57N3O13. The largest absolute Gasteiger partial charge is 0.507 e. The van der Waals surface area contributed by atoms with Crippen molar-refractivity contribution in [2.24, 2.45) is 29.6 Å². The molecular weight excluding hydrogens is 827 g/mol. The maximum absolute atomic E-state index is 14.8. The molecule has 4 bridgehead atoms. The number of rotatable bonds is 3. The van der Waals surface area contributed by atoms with Crippen LogP contribution in [0.15, 0.2) is 57.5 Å². The maximum Gasteiger partial charge on any atom is 0.312 e. The van der Waals surface area contributed by atoms with Gasteiger partial charge in [-0.15, -0.1) is 0 Å². The molecule has 64 heavy (non-hydrogen) atoms. The first-order valence-corrected chi connectivity index (χ1v) is 21.6. The van der Waals surface area contributed by atoms with Crippen LogP contribution in [-0.2, 0) is 23.8 Å². The van der Waals surface area contributed by atoms with E-state index in [4.69, 9.17) is 28.3 Å². The molecule has 16 heteroatoms. The van der Waals surface area contributed by atoms with Crippen molar-refractivity contribution in [2.75, 3.05) is 30.4 Å². The van der Waals surface area contributed by atoms with Crippen LogP contribution in [0.3, 0.4) is 0 Å². The van der Waals surface area contributed by atoms with Gasteiger partial charge in [-0.3, -0.25) is 19.2 Å².